The van der Waals surface area contributed by atoms with Crippen molar-refractivity contribution in [3.63, 3.8) is 0 Å². The maximum absolute atomic E-state index is 12.6. The Labute approximate surface area is 190 Å². The van der Waals surface area contributed by atoms with Crippen molar-refractivity contribution in [1.82, 2.24) is 14.9 Å². The highest BCUT2D eigenvalue weighted by atomic mass is 35.5. The molecule has 8 heteroatoms. The number of H-pyrrole nitrogens is 1. The maximum Gasteiger partial charge on any atom is 0.256 e. The molecule has 2 heterocycles. The monoisotopic (exact) mass is 454 g/mol. The van der Waals surface area contributed by atoms with E-state index in [2.05, 4.69) is 32.3 Å². The molecule has 31 heavy (non-hydrogen) atoms. The molecule has 2 N–H and O–H groups in total. The smallest absolute Gasteiger partial charge is 0.256 e. The highest BCUT2D eigenvalue weighted by molar-refractivity contribution is 7.99. The van der Waals surface area contributed by atoms with Gasteiger partial charge in [0.25, 0.3) is 5.56 Å². The summed E-state index contributed by atoms with van der Waals surface area (Å²) in [5.74, 6) is -0.0295. The molecule has 3 aromatic rings. The maximum atomic E-state index is 12.6. The van der Waals surface area contributed by atoms with E-state index in [9.17, 15) is 9.59 Å². The lowest BCUT2D eigenvalue weighted by Crippen LogP contribution is -2.35. The van der Waals surface area contributed by atoms with Crippen LogP contribution in [0.15, 0.2) is 58.5 Å². The van der Waals surface area contributed by atoms with E-state index >= 15 is 0 Å². The number of halogens is 1. The molecule has 4 rings (SSSR count). The molecule has 1 aliphatic heterocycles. The number of nitrogens with zero attached hydrogens (tertiary/aromatic N) is 2. The first kappa shape index (κ1) is 21.6. The normalized spacial score (nSPS) is 13.6. The van der Waals surface area contributed by atoms with Gasteiger partial charge in [0.1, 0.15) is 0 Å². The van der Waals surface area contributed by atoms with Crippen LogP contribution in [0.1, 0.15) is 22.4 Å². The molecule has 0 saturated heterocycles. The Hall–Kier alpha value is -2.61. The fraction of sp³-hybridized carbons (Fsp3) is 0.261. The molecule has 0 radical (unpaired) electrons. The van der Waals surface area contributed by atoms with Crippen LogP contribution in [0.4, 0.5) is 5.69 Å². The molecular formula is C23H23ClN4O2S. The van der Waals surface area contributed by atoms with E-state index in [-0.39, 0.29) is 17.2 Å². The zero-order valence-corrected chi connectivity index (χ0v) is 18.7. The molecule has 1 aliphatic rings. The van der Waals surface area contributed by atoms with Gasteiger partial charge in [-0.05, 0) is 30.2 Å². The van der Waals surface area contributed by atoms with Crippen molar-refractivity contribution >= 4 is 35.0 Å². The molecule has 1 amide bonds. The SMILES string of the molecule is Cc1c(Cl)cccc1NC(=O)CSc1nc2c(c(=O)[nH]1)CN(Cc1ccccc1)CC2. The van der Waals surface area contributed by atoms with E-state index in [1.165, 1.54) is 17.3 Å². The number of fused-ring (bicyclic) bond motifs is 1. The average Bonchev–Trinajstić information content (AvgIpc) is 2.77. The van der Waals surface area contributed by atoms with E-state index in [1.807, 2.05) is 31.2 Å². The molecule has 0 fully saturated rings. The van der Waals surface area contributed by atoms with Crippen LogP contribution in [0.25, 0.3) is 0 Å². The number of carbonyl (C=O) groups excluding carboxylic acids is 1. The fourth-order valence-electron chi connectivity index (χ4n) is 3.57. The Bertz CT molecular complexity index is 1150. The summed E-state index contributed by atoms with van der Waals surface area (Å²) in [4.78, 5) is 34.7. The van der Waals surface area contributed by atoms with Gasteiger partial charge < -0.3 is 10.3 Å². The zero-order chi connectivity index (χ0) is 21.8. The first-order valence-corrected chi connectivity index (χ1v) is 11.4. The Morgan fingerprint density at radius 2 is 2.03 bits per heavy atom. The number of nitrogens with one attached hydrogen (secondary N) is 2. The molecule has 0 spiro atoms. The number of hydrogen-bond acceptors (Lipinski definition) is 5. The number of thioether (sulfide) groups is 1. The minimum absolute atomic E-state index is 0.128. The van der Waals surface area contributed by atoms with Crippen molar-refractivity contribution < 1.29 is 4.79 Å². The number of carbonyl (C=O) groups is 1. The Morgan fingerprint density at radius 3 is 2.84 bits per heavy atom. The van der Waals surface area contributed by atoms with Crippen LogP contribution in [-0.2, 0) is 24.3 Å². The van der Waals surface area contributed by atoms with Crippen LogP contribution in [0.3, 0.4) is 0 Å². The van der Waals surface area contributed by atoms with Gasteiger partial charge in [-0.1, -0.05) is 59.8 Å². The standard InChI is InChI=1S/C23H23ClN4O2S/c1-15-18(24)8-5-9-19(15)25-21(29)14-31-23-26-20-10-11-28(13-17(20)22(30)27-23)12-16-6-3-2-4-7-16/h2-9H,10-14H2,1H3,(H,25,29)(H,26,27,30). The van der Waals surface area contributed by atoms with Crippen LogP contribution < -0.4 is 10.9 Å². The van der Waals surface area contributed by atoms with Crippen LogP contribution in [0.5, 0.6) is 0 Å². The van der Waals surface area contributed by atoms with E-state index < -0.39 is 0 Å². The van der Waals surface area contributed by atoms with Gasteiger partial charge in [0.15, 0.2) is 5.16 Å². The summed E-state index contributed by atoms with van der Waals surface area (Å²) >= 11 is 7.32. The first-order valence-electron chi connectivity index (χ1n) is 10.1. The Balaban J connectivity index is 1.38. The second kappa shape index (κ2) is 9.68. The second-order valence-corrected chi connectivity index (χ2v) is 8.86. The lowest BCUT2D eigenvalue weighted by Gasteiger charge is -2.27. The minimum Gasteiger partial charge on any atom is -0.325 e. The summed E-state index contributed by atoms with van der Waals surface area (Å²) in [6.07, 6.45) is 0.716. The van der Waals surface area contributed by atoms with Crippen molar-refractivity contribution in [2.75, 3.05) is 17.6 Å². The molecule has 6 nitrogen and oxygen atoms in total. The van der Waals surface area contributed by atoms with Crippen LogP contribution in [-0.4, -0.2) is 33.1 Å². The van der Waals surface area contributed by atoms with Crippen molar-refractivity contribution in [3.05, 3.63) is 86.3 Å². The van der Waals surface area contributed by atoms with E-state index in [0.29, 0.717) is 34.4 Å². The predicted octanol–water partition coefficient (Wildman–Crippen LogP) is 4.02. The molecule has 0 atom stereocenters. The van der Waals surface area contributed by atoms with Gasteiger partial charge in [0.2, 0.25) is 5.91 Å². The summed E-state index contributed by atoms with van der Waals surface area (Å²) in [5.41, 5.74) is 4.14. The van der Waals surface area contributed by atoms with Crippen molar-refractivity contribution in [3.8, 4) is 0 Å². The minimum atomic E-state index is -0.176. The quantitative estimate of drug-likeness (QED) is 0.434. The molecule has 160 valence electrons. The highest BCUT2D eigenvalue weighted by Gasteiger charge is 2.21. The highest BCUT2D eigenvalue weighted by Crippen LogP contribution is 2.24. The summed E-state index contributed by atoms with van der Waals surface area (Å²) in [6.45, 7) is 4.08. The zero-order valence-electron chi connectivity index (χ0n) is 17.2. The number of aromatic nitrogens is 2. The Kier molecular flexibility index (Phi) is 6.75. The van der Waals surface area contributed by atoms with E-state index in [0.717, 1.165) is 24.3 Å². The van der Waals surface area contributed by atoms with Gasteiger partial charge in [-0.15, -0.1) is 0 Å². The largest absolute Gasteiger partial charge is 0.325 e. The summed E-state index contributed by atoms with van der Waals surface area (Å²) in [5, 5.41) is 3.93. The van der Waals surface area contributed by atoms with E-state index in [1.54, 1.807) is 12.1 Å². The Morgan fingerprint density at radius 1 is 1.23 bits per heavy atom. The van der Waals surface area contributed by atoms with Crippen molar-refractivity contribution in [2.24, 2.45) is 0 Å². The number of amides is 1. The van der Waals surface area contributed by atoms with Gasteiger partial charge in [-0.2, -0.15) is 0 Å². The van der Waals surface area contributed by atoms with Gasteiger partial charge in [-0.3, -0.25) is 14.5 Å². The summed E-state index contributed by atoms with van der Waals surface area (Å²) in [7, 11) is 0. The van der Waals surface area contributed by atoms with E-state index in [4.69, 9.17) is 11.6 Å². The van der Waals surface area contributed by atoms with Crippen LogP contribution >= 0.6 is 23.4 Å². The lowest BCUT2D eigenvalue weighted by molar-refractivity contribution is -0.113. The van der Waals surface area contributed by atoms with Gasteiger partial charge in [0.05, 0.1) is 17.0 Å². The summed E-state index contributed by atoms with van der Waals surface area (Å²) in [6, 6.07) is 15.6. The predicted molar refractivity (Wildman–Crippen MR) is 125 cm³/mol. The van der Waals surface area contributed by atoms with Gasteiger partial charge in [-0.25, -0.2) is 4.98 Å². The third-order valence-electron chi connectivity index (χ3n) is 5.26. The molecular weight excluding hydrogens is 432 g/mol. The number of rotatable bonds is 6. The lowest BCUT2D eigenvalue weighted by atomic mass is 10.1. The molecule has 0 bridgehead atoms. The molecule has 2 aromatic carbocycles. The molecule has 0 saturated carbocycles. The molecule has 0 aliphatic carbocycles. The van der Waals surface area contributed by atoms with Crippen molar-refractivity contribution in [1.29, 1.82) is 0 Å². The number of anilines is 1. The fourth-order valence-corrected chi connectivity index (χ4v) is 4.42. The topological polar surface area (TPSA) is 78.1 Å². The van der Waals surface area contributed by atoms with Gasteiger partial charge in [0, 0.05) is 36.8 Å². The molecule has 1 aromatic heterocycles. The number of hydrogen-bond donors (Lipinski definition) is 2. The first-order chi connectivity index (χ1) is 15.0. The third kappa shape index (κ3) is 5.36. The van der Waals surface area contributed by atoms with Crippen molar-refractivity contribution in [2.45, 2.75) is 31.6 Å². The average molecular weight is 455 g/mol. The number of benzene rings is 2. The van der Waals surface area contributed by atoms with Crippen LogP contribution in [0.2, 0.25) is 5.02 Å². The van der Waals surface area contributed by atoms with Gasteiger partial charge >= 0.3 is 0 Å². The summed E-state index contributed by atoms with van der Waals surface area (Å²) < 4.78 is 0. The van der Waals surface area contributed by atoms with Crippen LogP contribution in [0, 0.1) is 6.92 Å². The second-order valence-electron chi connectivity index (χ2n) is 7.49. The number of aromatic amines is 1. The molecule has 0 unspecified atom stereocenters. The third-order valence-corrected chi connectivity index (χ3v) is 6.54.